The summed E-state index contributed by atoms with van der Waals surface area (Å²) >= 11 is 4.82. The SMILES string of the molecule is CC1(C)C(=O)NCCN1CCCC(N)=S. The topological polar surface area (TPSA) is 58.4 Å². The van der Waals surface area contributed by atoms with Gasteiger partial charge in [-0.1, -0.05) is 12.2 Å². The lowest BCUT2D eigenvalue weighted by atomic mass is 9.98. The Labute approximate surface area is 96.2 Å². The Morgan fingerprint density at radius 2 is 2.33 bits per heavy atom. The average Bonchev–Trinajstić information content (AvgIpc) is 2.12. The minimum absolute atomic E-state index is 0.101. The number of carbonyl (C=O) groups is 1. The number of hydrogen-bond acceptors (Lipinski definition) is 3. The number of rotatable bonds is 4. The van der Waals surface area contributed by atoms with Gasteiger partial charge in [0.2, 0.25) is 5.91 Å². The van der Waals surface area contributed by atoms with Crippen LogP contribution in [0.5, 0.6) is 0 Å². The van der Waals surface area contributed by atoms with Crippen molar-refractivity contribution in [2.24, 2.45) is 5.73 Å². The number of thiocarbonyl (C=S) groups is 1. The van der Waals surface area contributed by atoms with E-state index in [9.17, 15) is 4.79 Å². The lowest BCUT2D eigenvalue weighted by Gasteiger charge is -2.41. The van der Waals surface area contributed by atoms with E-state index < -0.39 is 5.54 Å². The Kier molecular flexibility index (Phi) is 4.04. The molecule has 0 atom stereocenters. The predicted molar refractivity (Wildman–Crippen MR) is 64.7 cm³/mol. The molecule has 1 aliphatic heterocycles. The Morgan fingerprint density at radius 1 is 1.67 bits per heavy atom. The summed E-state index contributed by atoms with van der Waals surface area (Å²) in [6.07, 6.45) is 1.68. The third-order valence-corrected chi connectivity index (χ3v) is 3.07. The number of nitrogens with one attached hydrogen (secondary N) is 1. The summed E-state index contributed by atoms with van der Waals surface area (Å²) in [5.74, 6) is 0.101. The van der Waals surface area contributed by atoms with E-state index in [1.807, 2.05) is 13.8 Å². The van der Waals surface area contributed by atoms with E-state index in [2.05, 4.69) is 10.2 Å². The van der Waals surface area contributed by atoms with Crippen LogP contribution in [0.1, 0.15) is 26.7 Å². The fourth-order valence-corrected chi connectivity index (χ4v) is 1.92. The highest BCUT2D eigenvalue weighted by atomic mass is 32.1. The summed E-state index contributed by atoms with van der Waals surface area (Å²) in [5, 5.41) is 2.87. The molecule has 5 heteroatoms. The van der Waals surface area contributed by atoms with Gasteiger partial charge in [0.1, 0.15) is 0 Å². The zero-order valence-electron chi connectivity index (χ0n) is 9.38. The van der Waals surface area contributed by atoms with Gasteiger partial charge in [-0.3, -0.25) is 9.69 Å². The molecule has 0 aromatic carbocycles. The number of nitrogens with two attached hydrogens (primary N) is 1. The number of nitrogens with zero attached hydrogens (tertiary/aromatic N) is 1. The lowest BCUT2D eigenvalue weighted by molar-refractivity contribution is -0.135. The van der Waals surface area contributed by atoms with Crippen molar-refractivity contribution in [3.63, 3.8) is 0 Å². The monoisotopic (exact) mass is 229 g/mol. The van der Waals surface area contributed by atoms with Crippen molar-refractivity contribution in [1.29, 1.82) is 0 Å². The number of carbonyl (C=O) groups excluding carboxylic acids is 1. The zero-order chi connectivity index (χ0) is 11.5. The van der Waals surface area contributed by atoms with Crippen LogP contribution in [0.25, 0.3) is 0 Å². The van der Waals surface area contributed by atoms with Crippen molar-refractivity contribution in [2.45, 2.75) is 32.2 Å². The molecule has 1 fully saturated rings. The number of piperazine rings is 1. The Morgan fingerprint density at radius 3 is 2.93 bits per heavy atom. The van der Waals surface area contributed by atoms with Crippen LogP contribution in [0.3, 0.4) is 0 Å². The van der Waals surface area contributed by atoms with Gasteiger partial charge in [0.15, 0.2) is 0 Å². The van der Waals surface area contributed by atoms with E-state index in [1.54, 1.807) is 0 Å². The molecule has 1 rings (SSSR count). The van der Waals surface area contributed by atoms with Crippen LogP contribution in [0.4, 0.5) is 0 Å². The summed E-state index contributed by atoms with van der Waals surface area (Å²) in [6.45, 7) is 6.40. The van der Waals surface area contributed by atoms with Crippen molar-refractivity contribution >= 4 is 23.1 Å². The van der Waals surface area contributed by atoms with Gasteiger partial charge in [0.05, 0.1) is 10.5 Å². The van der Waals surface area contributed by atoms with Crippen LogP contribution in [0.2, 0.25) is 0 Å². The van der Waals surface area contributed by atoms with Crippen LogP contribution in [-0.2, 0) is 4.79 Å². The van der Waals surface area contributed by atoms with Crippen molar-refractivity contribution < 1.29 is 4.79 Å². The van der Waals surface area contributed by atoms with Crippen molar-refractivity contribution in [3.05, 3.63) is 0 Å². The molecule has 0 aliphatic carbocycles. The summed E-state index contributed by atoms with van der Waals surface area (Å²) in [4.78, 5) is 14.4. The molecule has 0 bridgehead atoms. The third kappa shape index (κ3) is 3.14. The largest absolute Gasteiger partial charge is 0.393 e. The van der Waals surface area contributed by atoms with Gasteiger partial charge in [-0.15, -0.1) is 0 Å². The van der Waals surface area contributed by atoms with Gasteiger partial charge in [0, 0.05) is 13.1 Å². The predicted octanol–water partition coefficient (Wildman–Crippen LogP) is 0.263. The second-order valence-corrected chi connectivity index (χ2v) is 4.90. The second-order valence-electron chi connectivity index (χ2n) is 4.37. The summed E-state index contributed by atoms with van der Waals surface area (Å²) in [7, 11) is 0. The van der Waals surface area contributed by atoms with E-state index in [0.29, 0.717) is 4.99 Å². The quantitative estimate of drug-likeness (QED) is 0.679. The van der Waals surface area contributed by atoms with Crippen LogP contribution < -0.4 is 11.1 Å². The van der Waals surface area contributed by atoms with E-state index >= 15 is 0 Å². The Hall–Kier alpha value is -0.680. The van der Waals surface area contributed by atoms with E-state index in [1.165, 1.54) is 0 Å². The molecule has 0 aromatic heterocycles. The molecule has 0 saturated carbocycles. The fraction of sp³-hybridized carbons (Fsp3) is 0.800. The van der Waals surface area contributed by atoms with Crippen LogP contribution >= 0.6 is 12.2 Å². The van der Waals surface area contributed by atoms with Crippen molar-refractivity contribution in [2.75, 3.05) is 19.6 Å². The summed E-state index contributed by atoms with van der Waals surface area (Å²) < 4.78 is 0. The summed E-state index contributed by atoms with van der Waals surface area (Å²) in [6, 6.07) is 0. The molecule has 1 heterocycles. The van der Waals surface area contributed by atoms with Crippen molar-refractivity contribution in [3.8, 4) is 0 Å². The maximum absolute atomic E-state index is 11.6. The molecule has 1 saturated heterocycles. The second kappa shape index (κ2) is 4.90. The first kappa shape index (κ1) is 12.4. The van der Waals surface area contributed by atoms with Gasteiger partial charge in [0.25, 0.3) is 0 Å². The molecule has 86 valence electrons. The Bertz CT molecular complexity index is 265. The highest BCUT2D eigenvalue weighted by molar-refractivity contribution is 7.80. The molecular formula is C10H19N3OS. The lowest BCUT2D eigenvalue weighted by Crippen LogP contribution is -2.61. The van der Waals surface area contributed by atoms with E-state index in [4.69, 9.17) is 18.0 Å². The highest BCUT2D eigenvalue weighted by Crippen LogP contribution is 2.17. The van der Waals surface area contributed by atoms with Crippen molar-refractivity contribution in [1.82, 2.24) is 10.2 Å². The van der Waals surface area contributed by atoms with Gasteiger partial charge >= 0.3 is 0 Å². The maximum atomic E-state index is 11.6. The molecule has 15 heavy (non-hydrogen) atoms. The van der Waals surface area contributed by atoms with Gasteiger partial charge in [-0.25, -0.2) is 0 Å². The average molecular weight is 229 g/mol. The Balaban J connectivity index is 2.45. The van der Waals surface area contributed by atoms with Gasteiger partial charge < -0.3 is 11.1 Å². The first-order valence-corrected chi connectivity index (χ1v) is 5.67. The summed E-state index contributed by atoms with van der Waals surface area (Å²) in [5.41, 5.74) is 5.03. The van der Waals surface area contributed by atoms with Gasteiger partial charge in [-0.2, -0.15) is 0 Å². The van der Waals surface area contributed by atoms with Crippen LogP contribution in [-0.4, -0.2) is 41.0 Å². The molecule has 0 aromatic rings. The zero-order valence-corrected chi connectivity index (χ0v) is 10.2. The molecule has 3 N–H and O–H groups in total. The molecule has 1 aliphatic rings. The first-order chi connectivity index (χ1) is 6.94. The van der Waals surface area contributed by atoms with E-state index in [-0.39, 0.29) is 5.91 Å². The maximum Gasteiger partial charge on any atom is 0.239 e. The van der Waals surface area contributed by atoms with Crippen LogP contribution in [0, 0.1) is 0 Å². The first-order valence-electron chi connectivity index (χ1n) is 5.26. The molecule has 0 radical (unpaired) electrons. The number of amides is 1. The standard InChI is InChI=1S/C10H19N3OS/c1-10(2)9(14)12-5-7-13(10)6-3-4-8(11)15/h3-7H2,1-2H3,(H2,11,15)(H,12,14). The molecule has 0 unspecified atom stereocenters. The van der Waals surface area contributed by atoms with Crippen LogP contribution in [0.15, 0.2) is 0 Å². The molecule has 0 spiro atoms. The third-order valence-electron chi connectivity index (χ3n) is 2.86. The van der Waals surface area contributed by atoms with E-state index in [0.717, 1.165) is 32.5 Å². The smallest absolute Gasteiger partial charge is 0.239 e. The highest BCUT2D eigenvalue weighted by Gasteiger charge is 2.36. The normalized spacial score (nSPS) is 21.1. The minimum Gasteiger partial charge on any atom is -0.393 e. The molecular weight excluding hydrogens is 210 g/mol. The molecule has 4 nitrogen and oxygen atoms in total. The minimum atomic E-state index is -0.408. The molecule has 1 amide bonds. The fourth-order valence-electron chi connectivity index (χ4n) is 1.78. The number of hydrogen-bond donors (Lipinski definition) is 2. The van der Waals surface area contributed by atoms with Gasteiger partial charge in [-0.05, 0) is 33.2 Å².